The summed E-state index contributed by atoms with van der Waals surface area (Å²) in [5.74, 6) is -2.04. The maximum Gasteiger partial charge on any atom is 0.301 e. The lowest BCUT2D eigenvalue weighted by Gasteiger charge is -2.22. The van der Waals surface area contributed by atoms with Crippen LogP contribution < -0.4 is 4.90 Å². The van der Waals surface area contributed by atoms with Gasteiger partial charge in [0.25, 0.3) is 11.5 Å². The molecule has 39 heavy (non-hydrogen) atoms. The molecule has 1 aromatic heterocycles. The quantitative estimate of drug-likeness (QED) is 0.0569. The zero-order chi connectivity index (χ0) is 27.7. The number of hydrogen-bond acceptors (Lipinski definition) is 9. The number of anilines is 1. The first-order chi connectivity index (χ1) is 18.7. The number of thioether (sulfide) groups is 1. The third-order valence-corrected chi connectivity index (χ3v) is 8.19. The molecule has 1 saturated heterocycles. The van der Waals surface area contributed by atoms with E-state index in [1.54, 1.807) is 36.4 Å². The molecule has 0 aliphatic carbocycles. The summed E-state index contributed by atoms with van der Waals surface area (Å²) < 4.78 is 13.7. The van der Waals surface area contributed by atoms with Crippen LogP contribution in [0.1, 0.15) is 28.3 Å². The van der Waals surface area contributed by atoms with E-state index in [4.69, 9.17) is 0 Å². The van der Waals surface area contributed by atoms with Gasteiger partial charge in [0.15, 0.2) is 4.34 Å². The fraction of sp³-hybridized carbons (Fsp3) is 0.111. The molecule has 5 rings (SSSR count). The van der Waals surface area contributed by atoms with Gasteiger partial charge in [-0.25, -0.2) is 4.39 Å². The number of ketones is 1. The SMILES string of the molecule is Cc1ccc(/C(O)=C2/C(=O)C(=O)N(c3nnc(SCc4ccc(F)cc4)s3)C2c2ccc([N+](=O)[O-])cc2)cc1. The summed E-state index contributed by atoms with van der Waals surface area (Å²) in [6, 6.07) is 17.2. The first-order valence-corrected chi connectivity index (χ1v) is 13.4. The van der Waals surface area contributed by atoms with Crippen LogP contribution in [0.2, 0.25) is 0 Å². The van der Waals surface area contributed by atoms with Crippen LogP contribution in [-0.4, -0.2) is 31.9 Å². The van der Waals surface area contributed by atoms with Gasteiger partial charge in [0.05, 0.1) is 16.5 Å². The maximum atomic E-state index is 13.3. The minimum Gasteiger partial charge on any atom is -0.507 e. The molecule has 1 amide bonds. The molecule has 1 N–H and O–H groups in total. The molecule has 1 aliphatic heterocycles. The second-order valence-electron chi connectivity index (χ2n) is 8.65. The number of aromatic nitrogens is 2. The highest BCUT2D eigenvalue weighted by molar-refractivity contribution is 8.00. The van der Waals surface area contributed by atoms with Gasteiger partial charge in [0, 0.05) is 23.4 Å². The Balaban J connectivity index is 1.54. The zero-order valence-electron chi connectivity index (χ0n) is 20.3. The topological polar surface area (TPSA) is 127 Å². The fourth-order valence-corrected chi connectivity index (χ4v) is 5.90. The average molecular weight is 563 g/mol. The Kier molecular flexibility index (Phi) is 7.22. The molecule has 4 aromatic rings. The van der Waals surface area contributed by atoms with Crippen molar-refractivity contribution in [3.05, 3.63) is 117 Å². The van der Waals surface area contributed by atoms with Gasteiger partial charge >= 0.3 is 5.91 Å². The van der Waals surface area contributed by atoms with Crippen LogP contribution in [0.3, 0.4) is 0 Å². The Bertz CT molecular complexity index is 1600. The normalized spacial score (nSPS) is 16.6. The van der Waals surface area contributed by atoms with E-state index in [2.05, 4.69) is 10.2 Å². The smallest absolute Gasteiger partial charge is 0.301 e. The van der Waals surface area contributed by atoms with Gasteiger partial charge in [-0.05, 0) is 42.3 Å². The number of Topliss-reactive ketones (excluding diaryl/α,β-unsaturated/α-hetero) is 1. The Labute approximate surface area is 229 Å². The standard InChI is InChI=1S/C27H19FN4O5S2/c1-15-2-6-18(7-3-15)23(33)21-22(17-8-12-20(13-9-17)32(36)37)31(25(35)24(21)34)26-29-30-27(39-26)38-14-16-4-10-19(28)11-5-16/h2-13,22,33H,14H2,1H3/b23-21-. The lowest BCUT2D eigenvalue weighted by Crippen LogP contribution is -2.29. The van der Waals surface area contributed by atoms with Gasteiger partial charge in [0.1, 0.15) is 11.6 Å². The summed E-state index contributed by atoms with van der Waals surface area (Å²) in [5, 5.41) is 30.8. The number of non-ortho nitro benzene ring substituents is 1. The molecule has 1 aliphatic rings. The van der Waals surface area contributed by atoms with Crippen LogP contribution in [0.5, 0.6) is 0 Å². The number of halogens is 1. The third-order valence-electron chi connectivity index (χ3n) is 6.07. The number of hydrogen-bond donors (Lipinski definition) is 1. The van der Waals surface area contributed by atoms with Crippen molar-refractivity contribution in [3.63, 3.8) is 0 Å². The van der Waals surface area contributed by atoms with Crippen molar-refractivity contribution in [2.45, 2.75) is 23.1 Å². The second-order valence-corrected chi connectivity index (χ2v) is 10.8. The second kappa shape index (κ2) is 10.8. The monoisotopic (exact) mass is 562 g/mol. The van der Waals surface area contributed by atoms with Crippen LogP contribution in [-0.2, 0) is 15.3 Å². The predicted octanol–water partition coefficient (Wildman–Crippen LogP) is 5.81. The van der Waals surface area contributed by atoms with Crippen molar-refractivity contribution in [3.8, 4) is 0 Å². The molecule has 0 spiro atoms. The summed E-state index contributed by atoms with van der Waals surface area (Å²) in [6.07, 6.45) is 0. The lowest BCUT2D eigenvalue weighted by molar-refractivity contribution is -0.384. The summed E-state index contributed by atoms with van der Waals surface area (Å²) in [5.41, 5.74) is 2.21. The molecular weight excluding hydrogens is 543 g/mol. The Morgan fingerprint density at radius 3 is 2.36 bits per heavy atom. The highest BCUT2D eigenvalue weighted by Gasteiger charge is 2.48. The van der Waals surface area contributed by atoms with Crippen LogP contribution in [0.15, 0.2) is 82.7 Å². The van der Waals surface area contributed by atoms with Crippen molar-refractivity contribution in [1.82, 2.24) is 10.2 Å². The molecule has 0 saturated carbocycles. The minimum absolute atomic E-state index is 0.130. The molecule has 12 heteroatoms. The first-order valence-electron chi connectivity index (χ1n) is 11.6. The molecule has 9 nitrogen and oxygen atoms in total. The molecule has 0 radical (unpaired) electrons. The van der Waals surface area contributed by atoms with Crippen LogP contribution >= 0.6 is 23.1 Å². The van der Waals surface area contributed by atoms with Crippen molar-refractivity contribution in [2.24, 2.45) is 0 Å². The number of aliphatic hydroxyl groups excluding tert-OH is 1. The number of aryl methyl sites for hydroxylation is 1. The Hall–Kier alpha value is -4.42. The summed E-state index contributed by atoms with van der Waals surface area (Å²) >= 11 is 2.42. The van der Waals surface area contributed by atoms with E-state index in [0.29, 0.717) is 21.2 Å². The van der Waals surface area contributed by atoms with Crippen LogP contribution in [0.4, 0.5) is 15.2 Å². The van der Waals surface area contributed by atoms with Gasteiger partial charge in [-0.2, -0.15) is 0 Å². The van der Waals surface area contributed by atoms with E-state index in [1.807, 2.05) is 6.92 Å². The summed E-state index contributed by atoms with van der Waals surface area (Å²) in [7, 11) is 0. The van der Waals surface area contributed by atoms with Crippen LogP contribution in [0.25, 0.3) is 5.76 Å². The van der Waals surface area contributed by atoms with Gasteiger partial charge in [0.2, 0.25) is 5.13 Å². The van der Waals surface area contributed by atoms with Gasteiger partial charge in [-0.1, -0.05) is 65.1 Å². The molecule has 3 aromatic carbocycles. The van der Waals surface area contributed by atoms with Crippen molar-refractivity contribution in [2.75, 3.05) is 4.90 Å². The van der Waals surface area contributed by atoms with Gasteiger partial charge in [-0.15, -0.1) is 10.2 Å². The number of carbonyl (C=O) groups excluding carboxylic acids is 2. The van der Waals surface area contributed by atoms with Crippen molar-refractivity contribution < 1.29 is 24.0 Å². The van der Waals surface area contributed by atoms with Gasteiger partial charge in [-0.3, -0.25) is 24.6 Å². The number of amides is 1. The predicted molar refractivity (Wildman–Crippen MR) is 145 cm³/mol. The van der Waals surface area contributed by atoms with E-state index in [1.165, 1.54) is 48.2 Å². The van der Waals surface area contributed by atoms with E-state index in [9.17, 15) is 29.2 Å². The van der Waals surface area contributed by atoms with E-state index >= 15 is 0 Å². The van der Waals surface area contributed by atoms with Gasteiger partial charge < -0.3 is 5.11 Å². The lowest BCUT2D eigenvalue weighted by atomic mass is 9.95. The van der Waals surface area contributed by atoms with Crippen molar-refractivity contribution >= 4 is 51.4 Å². The van der Waals surface area contributed by atoms with E-state index < -0.39 is 22.7 Å². The Morgan fingerprint density at radius 2 is 1.72 bits per heavy atom. The largest absolute Gasteiger partial charge is 0.507 e. The first kappa shape index (κ1) is 26.2. The number of aliphatic hydroxyl groups is 1. The molecule has 196 valence electrons. The number of nitro benzene ring substituents is 1. The number of nitro groups is 1. The molecule has 1 atom stereocenters. The molecule has 1 unspecified atom stereocenters. The summed E-state index contributed by atoms with van der Waals surface area (Å²) in [6.45, 7) is 1.88. The number of nitrogens with zero attached hydrogens (tertiary/aromatic N) is 4. The average Bonchev–Trinajstić information content (AvgIpc) is 3.50. The minimum atomic E-state index is -1.09. The summed E-state index contributed by atoms with van der Waals surface area (Å²) in [4.78, 5) is 38.4. The highest BCUT2D eigenvalue weighted by Crippen LogP contribution is 2.44. The number of rotatable bonds is 7. The molecule has 1 fully saturated rings. The zero-order valence-corrected chi connectivity index (χ0v) is 21.9. The number of carbonyl (C=O) groups is 2. The number of benzene rings is 3. The molecule has 2 heterocycles. The fourth-order valence-electron chi connectivity index (χ4n) is 4.07. The van der Waals surface area contributed by atoms with E-state index in [-0.39, 0.29) is 28.0 Å². The third kappa shape index (κ3) is 5.29. The van der Waals surface area contributed by atoms with E-state index in [0.717, 1.165) is 27.4 Å². The molecule has 0 bridgehead atoms. The molecular formula is C27H19FN4O5S2. The van der Waals surface area contributed by atoms with Crippen molar-refractivity contribution in [1.29, 1.82) is 0 Å². The highest BCUT2D eigenvalue weighted by atomic mass is 32.2. The van der Waals surface area contributed by atoms with Crippen LogP contribution in [0, 0.1) is 22.9 Å². The Morgan fingerprint density at radius 1 is 1.05 bits per heavy atom. The maximum absolute atomic E-state index is 13.3.